The molecule has 1 amide bonds. The number of hydrogen-bond acceptors (Lipinski definition) is 4. The van der Waals surface area contributed by atoms with Gasteiger partial charge in [0.05, 0.1) is 18.5 Å². The van der Waals surface area contributed by atoms with Crippen molar-refractivity contribution >= 4 is 23.0 Å². The Balaban J connectivity index is 2.39. The highest BCUT2D eigenvalue weighted by molar-refractivity contribution is 5.92. The zero-order valence-corrected chi connectivity index (χ0v) is 12.3. The lowest BCUT2D eigenvalue weighted by atomic mass is 10.1. The maximum atomic E-state index is 11.3. The Morgan fingerprint density at radius 1 is 1.14 bits per heavy atom. The van der Waals surface area contributed by atoms with Gasteiger partial charge in [-0.3, -0.25) is 4.79 Å². The second-order valence-electron chi connectivity index (χ2n) is 4.56. The van der Waals surface area contributed by atoms with Crippen LogP contribution in [0.25, 0.3) is 0 Å². The van der Waals surface area contributed by atoms with E-state index in [4.69, 9.17) is 4.74 Å². The molecule has 1 N–H and O–H groups in total. The van der Waals surface area contributed by atoms with Crippen LogP contribution in [0.3, 0.4) is 0 Å². The molecule has 0 bridgehead atoms. The van der Waals surface area contributed by atoms with E-state index in [1.807, 2.05) is 43.3 Å². The highest BCUT2D eigenvalue weighted by atomic mass is 16.5. The summed E-state index contributed by atoms with van der Waals surface area (Å²) in [5.41, 5.74) is 2.82. The SMILES string of the molecule is COc1cc(N=Nc2ccccc2)c(NC(C)=O)cc1C. The van der Waals surface area contributed by atoms with Gasteiger partial charge in [-0.25, -0.2) is 0 Å². The van der Waals surface area contributed by atoms with Crippen LogP contribution >= 0.6 is 0 Å². The number of methoxy groups -OCH3 is 1. The molecule has 0 aliphatic carbocycles. The summed E-state index contributed by atoms with van der Waals surface area (Å²) in [6, 6.07) is 13.0. The van der Waals surface area contributed by atoms with E-state index in [-0.39, 0.29) is 5.91 Å². The Kier molecular flexibility index (Phi) is 4.66. The number of hydrogen-bond donors (Lipinski definition) is 1. The van der Waals surface area contributed by atoms with E-state index in [2.05, 4.69) is 15.5 Å². The minimum absolute atomic E-state index is 0.157. The molecule has 0 atom stereocenters. The van der Waals surface area contributed by atoms with E-state index >= 15 is 0 Å². The molecule has 0 fully saturated rings. The fraction of sp³-hybridized carbons (Fsp3) is 0.188. The third-order valence-electron chi connectivity index (χ3n) is 2.85. The summed E-state index contributed by atoms with van der Waals surface area (Å²) >= 11 is 0. The minimum atomic E-state index is -0.157. The van der Waals surface area contributed by atoms with Gasteiger partial charge >= 0.3 is 0 Å². The standard InChI is InChI=1S/C16H17N3O2/c1-11-9-14(17-12(2)20)15(10-16(11)21-3)19-18-13-7-5-4-6-8-13/h4-10H,1-3H3,(H,17,20). The Morgan fingerprint density at radius 3 is 2.48 bits per heavy atom. The Labute approximate surface area is 123 Å². The molecule has 0 radical (unpaired) electrons. The van der Waals surface area contributed by atoms with Gasteiger partial charge in [0.1, 0.15) is 11.4 Å². The second kappa shape index (κ2) is 6.65. The van der Waals surface area contributed by atoms with E-state index < -0.39 is 0 Å². The van der Waals surface area contributed by atoms with Gasteiger partial charge in [0.15, 0.2) is 0 Å². The van der Waals surface area contributed by atoms with Crippen molar-refractivity contribution in [3.05, 3.63) is 48.0 Å². The van der Waals surface area contributed by atoms with Crippen LogP contribution in [0.15, 0.2) is 52.7 Å². The number of rotatable bonds is 4. The Morgan fingerprint density at radius 2 is 1.86 bits per heavy atom. The van der Waals surface area contributed by atoms with Crippen molar-refractivity contribution in [2.45, 2.75) is 13.8 Å². The quantitative estimate of drug-likeness (QED) is 0.846. The van der Waals surface area contributed by atoms with E-state index in [1.165, 1.54) is 6.92 Å². The predicted molar refractivity (Wildman–Crippen MR) is 82.7 cm³/mol. The number of carbonyl (C=O) groups is 1. The molecule has 21 heavy (non-hydrogen) atoms. The summed E-state index contributed by atoms with van der Waals surface area (Å²) in [5, 5.41) is 11.1. The number of carbonyl (C=O) groups excluding carboxylic acids is 1. The van der Waals surface area contributed by atoms with Crippen LogP contribution in [0.2, 0.25) is 0 Å². The maximum Gasteiger partial charge on any atom is 0.221 e. The molecule has 5 heteroatoms. The van der Waals surface area contributed by atoms with Crippen molar-refractivity contribution in [1.82, 2.24) is 0 Å². The normalized spacial score (nSPS) is 10.6. The molecule has 2 rings (SSSR count). The summed E-state index contributed by atoms with van der Waals surface area (Å²) < 4.78 is 5.28. The fourth-order valence-corrected chi connectivity index (χ4v) is 1.88. The molecule has 0 aliphatic heterocycles. The van der Waals surface area contributed by atoms with Crippen LogP contribution in [-0.4, -0.2) is 13.0 Å². The molecule has 0 saturated carbocycles. The number of benzene rings is 2. The minimum Gasteiger partial charge on any atom is -0.496 e. The first-order valence-corrected chi connectivity index (χ1v) is 6.53. The molecule has 5 nitrogen and oxygen atoms in total. The van der Waals surface area contributed by atoms with Gasteiger partial charge in [-0.05, 0) is 30.7 Å². The third kappa shape index (κ3) is 3.89. The second-order valence-corrected chi connectivity index (χ2v) is 4.56. The lowest BCUT2D eigenvalue weighted by Crippen LogP contribution is -2.06. The van der Waals surface area contributed by atoms with Crippen molar-refractivity contribution in [2.75, 3.05) is 12.4 Å². The molecule has 2 aromatic rings. The summed E-state index contributed by atoms with van der Waals surface area (Å²) in [6.45, 7) is 3.36. The van der Waals surface area contributed by atoms with Crippen LogP contribution in [0.5, 0.6) is 5.75 Å². The zero-order valence-electron chi connectivity index (χ0n) is 12.3. The molecular weight excluding hydrogens is 266 g/mol. The van der Waals surface area contributed by atoms with Crippen molar-refractivity contribution in [2.24, 2.45) is 10.2 Å². The number of nitrogens with zero attached hydrogens (tertiary/aromatic N) is 2. The van der Waals surface area contributed by atoms with Crippen molar-refractivity contribution in [3.63, 3.8) is 0 Å². The van der Waals surface area contributed by atoms with Gasteiger partial charge in [-0.2, -0.15) is 5.11 Å². The van der Waals surface area contributed by atoms with Crippen LogP contribution in [0.1, 0.15) is 12.5 Å². The molecule has 0 unspecified atom stereocenters. The van der Waals surface area contributed by atoms with Crippen molar-refractivity contribution < 1.29 is 9.53 Å². The van der Waals surface area contributed by atoms with E-state index in [9.17, 15) is 4.79 Å². The first-order chi connectivity index (χ1) is 10.1. The summed E-state index contributed by atoms with van der Waals surface area (Å²) in [6.07, 6.45) is 0. The first kappa shape index (κ1) is 14.7. The number of ether oxygens (including phenoxy) is 1. The van der Waals surface area contributed by atoms with Gasteiger partial charge in [0, 0.05) is 13.0 Å². The highest BCUT2D eigenvalue weighted by Gasteiger charge is 2.09. The Bertz CT molecular complexity index is 667. The molecule has 0 aromatic heterocycles. The van der Waals surface area contributed by atoms with Crippen molar-refractivity contribution in [1.29, 1.82) is 0 Å². The summed E-state index contributed by atoms with van der Waals surface area (Å²) in [7, 11) is 1.60. The molecule has 0 aliphatic rings. The van der Waals surface area contributed by atoms with Crippen LogP contribution in [0.4, 0.5) is 17.1 Å². The number of azo groups is 1. The third-order valence-corrected chi connectivity index (χ3v) is 2.85. The number of anilines is 1. The average molecular weight is 283 g/mol. The first-order valence-electron chi connectivity index (χ1n) is 6.53. The Hall–Kier alpha value is -2.69. The molecule has 0 saturated heterocycles. The molecular formula is C16H17N3O2. The van der Waals surface area contributed by atoms with Gasteiger partial charge < -0.3 is 10.1 Å². The number of nitrogens with one attached hydrogen (secondary N) is 1. The van der Waals surface area contributed by atoms with Gasteiger partial charge in [-0.15, -0.1) is 5.11 Å². The van der Waals surface area contributed by atoms with Crippen LogP contribution in [0, 0.1) is 6.92 Å². The van der Waals surface area contributed by atoms with E-state index in [0.717, 1.165) is 11.3 Å². The molecule has 2 aromatic carbocycles. The topological polar surface area (TPSA) is 63.1 Å². The molecule has 0 heterocycles. The van der Waals surface area contributed by atoms with E-state index in [0.29, 0.717) is 17.1 Å². The fourth-order valence-electron chi connectivity index (χ4n) is 1.88. The van der Waals surface area contributed by atoms with Crippen LogP contribution < -0.4 is 10.1 Å². The van der Waals surface area contributed by atoms with Gasteiger partial charge in [-0.1, -0.05) is 18.2 Å². The lowest BCUT2D eigenvalue weighted by Gasteiger charge is -2.10. The highest BCUT2D eigenvalue weighted by Crippen LogP contribution is 2.34. The van der Waals surface area contributed by atoms with Crippen molar-refractivity contribution in [3.8, 4) is 5.75 Å². The largest absolute Gasteiger partial charge is 0.496 e. The number of amides is 1. The maximum absolute atomic E-state index is 11.3. The van der Waals surface area contributed by atoms with Gasteiger partial charge in [0.25, 0.3) is 0 Å². The van der Waals surface area contributed by atoms with Crippen LogP contribution in [-0.2, 0) is 4.79 Å². The molecule has 0 spiro atoms. The summed E-state index contributed by atoms with van der Waals surface area (Å²) in [5.74, 6) is 0.543. The lowest BCUT2D eigenvalue weighted by molar-refractivity contribution is -0.114. The zero-order chi connectivity index (χ0) is 15.2. The average Bonchev–Trinajstić information content (AvgIpc) is 2.47. The van der Waals surface area contributed by atoms with E-state index in [1.54, 1.807) is 13.2 Å². The molecule has 108 valence electrons. The van der Waals surface area contributed by atoms with Gasteiger partial charge in [0.2, 0.25) is 5.91 Å². The predicted octanol–water partition coefficient (Wildman–Crippen LogP) is 4.38. The summed E-state index contributed by atoms with van der Waals surface area (Å²) in [4.78, 5) is 11.3. The number of aryl methyl sites for hydroxylation is 1. The smallest absolute Gasteiger partial charge is 0.221 e. The monoisotopic (exact) mass is 283 g/mol.